The molecule has 0 bridgehead atoms. The Kier molecular flexibility index (Phi) is 8.59. The summed E-state index contributed by atoms with van der Waals surface area (Å²) in [6.45, 7) is 3.94. The molecular weight excluding hydrogens is 479 g/mol. The molecule has 6 heteroatoms. The molecule has 1 saturated carbocycles. The summed E-state index contributed by atoms with van der Waals surface area (Å²) in [6.07, 6.45) is 4.08. The van der Waals surface area contributed by atoms with Gasteiger partial charge in [0.1, 0.15) is 18.2 Å². The Hall–Kier alpha value is -3.38. The molecule has 1 amide bonds. The van der Waals surface area contributed by atoms with Gasteiger partial charge < -0.3 is 19.3 Å². The van der Waals surface area contributed by atoms with Crippen LogP contribution in [0.2, 0.25) is 0 Å². The number of rotatable bonds is 9. The number of amides is 1. The number of halogens is 1. The molecule has 1 heterocycles. The van der Waals surface area contributed by atoms with Crippen LogP contribution in [0.1, 0.15) is 48.3 Å². The van der Waals surface area contributed by atoms with Crippen LogP contribution in [0.15, 0.2) is 78.9 Å². The van der Waals surface area contributed by atoms with E-state index in [1.54, 1.807) is 19.2 Å². The lowest BCUT2D eigenvalue weighted by Crippen LogP contribution is -2.43. The molecule has 0 unspecified atom stereocenters. The summed E-state index contributed by atoms with van der Waals surface area (Å²) >= 11 is 0. The van der Waals surface area contributed by atoms with E-state index >= 15 is 0 Å². The number of benzene rings is 3. The van der Waals surface area contributed by atoms with E-state index in [9.17, 15) is 9.18 Å². The molecular formula is C32H37FN2O3. The Morgan fingerprint density at radius 1 is 0.921 bits per heavy atom. The maximum Gasteiger partial charge on any atom is 0.410 e. The SMILES string of the molecule is COc1ccc(CN(C(=O)OCc2ccccc2)[C@H]2CC[C@H](CN3CCCC3)[C@H]2c2ccc(F)cc2)cc1. The first-order valence-corrected chi connectivity index (χ1v) is 13.7. The van der Waals surface area contributed by atoms with Gasteiger partial charge in [-0.1, -0.05) is 54.6 Å². The summed E-state index contributed by atoms with van der Waals surface area (Å²) in [4.78, 5) is 18.2. The first-order valence-electron chi connectivity index (χ1n) is 13.7. The van der Waals surface area contributed by atoms with E-state index in [1.807, 2.05) is 71.6 Å². The van der Waals surface area contributed by atoms with Crippen LogP contribution >= 0.6 is 0 Å². The van der Waals surface area contributed by atoms with Gasteiger partial charge in [-0.2, -0.15) is 0 Å². The van der Waals surface area contributed by atoms with Crippen LogP contribution in [0.3, 0.4) is 0 Å². The molecule has 3 aromatic carbocycles. The molecule has 2 aliphatic rings. The van der Waals surface area contributed by atoms with Crippen LogP contribution in [0, 0.1) is 11.7 Å². The highest BCUT2D eigenvalue weighted by atomic mass is 19.1. The molecule has 0 aromatic heterocycles. The monoisotopic (exact) mass is 516 g/mol. The van der Waals surface area contributed by atoms with Crippen LogP contribution in [-0.2, 0) is 17.9 Å². The van der Waals surface area contributed by atoms with E-state index in [4.69, 9.17) is 9.47 Å². The first kappa shape index (κ1) is 26.2. The zero-order valence-electron chi connectivity index (χ0n) is 22.1. The lowest BCUT2D eigenvalue weighted by molar-refractivity contribution is 0.0724. The summed E-state index contributed by atoms with van der Waals surface area (Å²) in [5, 5.41) is 0. The summed E-state index contributed by atoms with van der Waals surface area (Å²) in [5.74, 6) is 1.04. The highest BCUT2D eigenvalue weighted by molar-refractivity contribution is 5.68. The predicted molar refractivity (Wildman–Crippen MR) is 146 cm³/mol. The van der Waals surface area contributed by atoms with Gasteiger partial charge in [0.2, 0.25) is 0 Å². The average Bonchev–Trinajstić information content (AvgIpc) is 3.62. The van der Waals surface area contributed by atoms with Gasteiger partial charge in [-0.15, -0.1) is 0 Å². The maximum atomic E-state index is 13.9. The number of methoxy groups -OCH3 is 1. The van der Waals surface area contributed by atoms with Gasteiger partial charge in [0.25, 0.3) is 0 Å². The summed E-state index contributed by atoms with van der Waals surface area (Å²) in [6, 6.07) is 24.5. The summed E-state index contributed by atoms with van der Waals surface area (Å²) < 4.78 is 25.1. The van der Waals surface area contributed by atoms with E-state index in [0.717, 1.165) is 54.9 Å². The van der Waals surface area contributed by atoms with Crippen molar-refractivity contribution >= 4 is 6.09 Å². The van der Waals surface area contributed by atoms with Crippen molar-refractivity contribution in [1.82, 2.24) is 9.80 Å². The maximum absolute atomic E-state index is 13.9. The summed E-state index contributed by atoms with van der Waals surface area (Å²) in [7, 11) is 1.65. The Morgan fingerprint density at radius 3 is 2.32 bits per heavy atom. The van der Waals surface area contributed by atoms with Crippen LogP contribution in [-0.4, -0.2) is 48.7 Å². The number of carbonyl (C=O) groups is 1. The fourth-order valence-electron chi connectivity index (χ4n) is 6.14. The average molecular weight is 517 g/mol. The third-order valence-corrected chi connectivity index (χ3v) is 8.05. The van der Waals surface area contributed by atoms with Gasteiger partial charge in [0.15, 0.2) is 0 Å². The molecule has 3 atom stereocenters. The van der Waals surface area contributed by atoms with Crippen LogP contribution < -0.4 is 4.74 Å². The minimum Gasteiger partial charge on any atom is -0.497 e. The van der Waals surface area contributed by atoms with Gasteiger partial charge in [-0.05, 0) is 85.6 Å². The van der Waals surface area contributed by atoms with Crippen LogP contribution in [0.5, 0.6) is 5.75 Å². The fraction of sp³-hybridized carbons (Fsp3) is 0.406. The van der Waals surface area contributed by atoms with Gasteiger partial charge in [-0.3, -0.25) is 0 Å². The highest BCUT2D eigenvalue weighted by Gasteiger charge is 2.43. The lowest BCUT2D eigenvalue weighted by Gasteiger charge is -2.35. The molecule has 3 aromatic rings. The van der Waals surface area contributed by atoms with Crippen molar-refractivity contribution in [3.8, 4) is 5.75 Å². The van der Waals surface area contributed by atoms with E-state index < -0.39 is 0 Å². The van der Waals surface area contributed by atoms with Crippen molar-refractivity contribution in [2.24, 2.45) is 5.92 Å². The topological polar surface area (TPSA) is 42.0 Å². The van der Waals surface area contributed by atoms with E-state index in [2.05, 4.69) is 4.90 Å². The van der Waals surface area contributed by atoms with Crippen molar-refractivity contribution in [3.05, 3.63) is 101 Å². The molecule has 200 valence electrons. The standard InChI is InChI=1S/C32H37FN2O3/c1-37-29-16-9-24(10-17-29)21-35(32(36)38-23-25-7-3-2-4-8-25)30-18-13-27(22-34-19-5-6-20-34)31(30)26-11-14-28(33)15-12-26/h2-4,7-12,14-17,27,30-31H,5-6,13,18-23H2,1H3/t27-,30+,31-/m1/s1. The number of carbonyl (C=O) groups excluding carboxylic acids is 1. The lowest BCUT2D eigenvalue weighted by atomic mass is 9.85. The molecule has 1 aliphatic heterocycles. The molecule has 0 spiro atoms. The van der Waals surface area contributed by atoms with Crippen molar-refractivity contribution in [1.29, 1.82) is 0 Å². The van der Waals surface area contributed by atoms with Crippen molar-refractivity contribution < 1.29 is 18.7 Å². The fourth-order valence-corrected chi connectivity index (χ4v) is 6.14. The van der Waals surface area contributed by atoms with Crippen molar-refractivity contribution in [2.75, 3.05) is 26.7 Å². The van der Waals surface area contributed by atoms with Crippen molar-refractivity contribution in [2.45, 2.75) is 50.8 Å². The van der Waals surface area contributed by atoms with E-state index in [0.29, 0.717) is 12.5 Å². The number of nitrogens with zero attached hydrogens (tertiary/aromatic N) is 2. The third kappa shape index (κ3) is 6.36. The second kappa shape index (κ2) is 12.4. The Balaban J connectivity index is 1.43. The molecule has 1 saturated heterocycles. The second-order valence-corrected chi connectivity index (χ2v) is 10.5. The molecule has 5 rings (SSSR count). The molecule has 1 aliphatic carbocycles. The van der Waals surface area contributed by atoms with Crippen molar-refractivity contribution in [3.63, 3.8) is 0 Å². The highest BCUT2D eigenvalue weighted by Crippen LogP contribution is 2.44. The Bertz CT molecular complexity index is 1160. The molecule has 5 nitrogen and oxygen atoms in total. The number of hydrogen-bond acceptors (Lipinski definition) is 4. The minimum atomic E-state index is -0.316. The number of likely N-dealkylation sites (tertiary alicyclic amines) is 1. The van der Waals surface area contributed by atoms with Gasteiger partial charge in [0, 0.05) is 25.0 Å². The van der Waals surface area contributed by atoms with E-state index in [-0.39, 0.29) is 30.5 Å². The quantitative estimate of drug-likeness (QED) is 0.320. The third-order valence-electron chi connectivity index (χ3n) is 8.05. The van der Waals surface area contributed by atoms with Crippen LogP contribution in [0.4, 0.5) is 9.18 Å². The summed E-state index contributed by atoms with van der Waals surface area (Å²) in [5.41, 5.74) is 3.07. The smallest absolute Gasteiger partial charge is 0.410 e. The number of ether oxygens (including phenoxy) is 2. The first-order chi connectivity index (χ1) is 18.6. The Labute approximate surface area is 225 Å². The molecule has 38 heavy (non-hydrogen) atoms. The number of hydrogen-bond donors (Lipinski definition) is 0. The minimum absolute atomic E-state index is 0.0431. The van der Waals surface area contributed by atoms with E-state index in [1.165, 1.54) is 12.8 Å². The van der Waals surface area contributed by atoms with Gasteiger partial charge in [-0.25, -0.2) is 9.18 Å². The normalized spacial score (nSPS) is 21.4. The largest absolute Gasteiger partial charge is 0.497 e. The second-order valence-electron chi connectivity index (χ2n) is 10.5. The molecule has 2 fully saturated rings. The van der Waals surface area contributed by atoms with Gasteiger partial charge in [0.05, 0.1) is 7.11 Å². The molecule has 0 N–H and O–H groups in total. The zero-order chi connectivity index (χ0) is 26.3. The zero-order valence-corrected chi connectivity index (χ0v) is 22.1. The van der Waals surface area contributed by atoms with Gasteiger partial charge >= 0.3 is 6.09 Å². The van der Waals surface area contributed by atoms with Crippen LogP contribution in [0.25, 0.3) is 0 Å². The predicted octanol–water partition coefficient (Wildman–Crippen LogP) is 6.63. The Morgan fingerprint density at radius 2 is 1.63 bits per heavy atom. The molecule has 0 radical (unpaired) electrons.